The second-order valence-corrected chi connectivity index (χ2v) is 5.00. The highest BCUT2D eigenvalue weighted by Crippen LogP contribution is 2.27. The van der Waals surface area contributed by atoms with Crippen molar-refractivity contribution in [3.05, 3.63) is 27.7 Å². The molecule has 0 saturated heterocycles. The maximum absolute atomic E-state index is 11.8. The SMILES string of the molecule is O=C(COc1ccc(Cl)cc1Br)NC(=O)NCC(F)(F)F. The Morgan fingerprint density at radius 2 is 2.00 bits per heavy atom. The fourth-order valence-corrected chi connectivity index (χ4v) is 1.92. The van der Waals surface area contributed by atoms with Crippen LogP contribution in [-0.2, 0) is 4.79 Å². The van der Waals surface area contributed by atoms with Crippen LogP contribution < -0.4 is 15.4 Å². The highest BCUT2D eigenvalue weighted by molar-refractivity contribution is 9.10. The number of imide groups is 1. The van der Waals surface area contributed by atoms with Crippen molar-refractivity contribution in [3.8, 4) is 5.75 Å². The van der Waals surface area contributed by atoms with Crippen LogP contribution in [0.5, 0.6) is 5.75 Å². The molecule has 0 radical (unpaired) electrons. The number of amides is 3. The molecule has 1 aromatic rings. The summed E-state index contributed by atoms with van der Waals surface area (Å²) in [6.07, 6.45) is -4.55. The molecule has 116 valence electrons. The number of rotatable bonds is 4. The zero-order valence-electron chi connectivity index (χ0n) is 10.3. The first-order valence-electron chi connectivity index (χ1n) is 5.39. The summed E-state index contributed by atoms with van der Waals surface area (Å²) < 4.78 is 41.1. The van der Waals surface area contributed by atoms with Crippen LogP contribution >= 0.6 is 27.5 Å². The third-order valence-electron chi connectivity index (χ3n) is 1.96. The van der Waals surface area contributed by atoms with E-state index in [1.54, 1.807) is 5.32 Å². The van der Waals surface area contributed by atoms with Crippen LogP contribution in [0.25, 0.3) is 0 Å². The van der Waals surface area contributed by atoms with Gasteiger partial charge in [-0.05, 0) is 34.1 Å². The van der Waals surface area contributed by atoms with Crippen LogP contribution in [0.4, 0.5) is 18.0 Å². The molecular formula is C11H9BrClF3N2O3. The Hall–Kier alpha value is -1.48. The van der Waals surface area contributed by atoms with Gasteiger partial charge in [0.15, 0.2) is 6.61 Å². The zero-order chi connectivity index (χ0) is 16.0. The molecule has 10 heteroatoms. The van der Waals surface area contributed by atoms with Crippen molar-refractivity contribution in [2.24, 2.45) is 0 Å². The highest BCUT2D eigenvalue weighted by atomic mass is 79.9. The lowest BCUT2D eigenvalue weighted by molar-refractivity contribution is -0.125. The Balaban J connectivity index is 2.39. The van der Waals surface area contributed by atoms with Crippen LogP contribution in [0.15, 0.2) is 22.7 Å². The summed E-state index contributed by atoms with van der Waals surface area (Å²) in [6.45, 7) is -2.07. The Morgan fingerprint density at radius 3 is 2.57 bits per heavy atom. The summed E-state index contributed by atoms with van der Waals surface area (Å²) in [7, 11) is 0. The van der Waals surface area contributed by atoms with Gasteiger partial charge in [-0.25, -0.2) is 4.79 Å². The van der Waals surface area contributed by atoms with E-state index in [0.29, 0.717) is 15.2 Å². The Morgan fingerprint density at radius 1 is 1.33 bits per heavy atom. The van der Waals surface area contributed by atoms with E-state index in [4.69, 9.17) is 16.3 Å². The first-order valence-corrected chi connectivity index (χ1v) is 6.57. The minimum atomic E-state index is -4.55. The van der Waals surface area contributed by atoms with Crippen LogP contribution in [0.3, 0.4) is 0 Å². The fraction of sp³-hybridized carbons (Fsp3) is 0.273. The Labute approximate surface area is 130 Å². The minimum absolute atomic E-state index is 0.297. The highest BCUT2D eigenvalue weighted by Gasteiger charge is 2.27. The number of hydrogen-bond donors (Lipinski definition) is 2. The van der Waals surface area contributed by atoms with Crippen LogP contribution in [0, 0.1) is 0 Å². The van der Waals surface area contributed by atoms with E-state index in [0.717, 1.165) is 0 Å². The number of carbonyl (C=O) groups excluding carboxylic acids is 2. The molecule has 2 N–H and O–H groups in total. The van der Waals surface area contributed by atoms with Crippen LogP contribution in [-0.4, -0.2) is 31.3 Å². The average Bonchev–Trinajstić information content (AvgIpc) is 2.34. The molecule has 1 rings (SSSR count). The fourth-order valence-electron chi connectivity index (χ4n) is 1.12. The number of alkyl halides is 3. The molecule has 5 nitrogen and oxygen atoms in total. The maximum Gasteiger partial charge on any atom is 0.405 e. The van der Waals surface area contributed by atoms with Gasteiger partial charge in [-0.1, -0.05) is 11.6 Å². The smallest absolute Gasteiger partial charge is 0.405 e. The summed E-state index contributed by atoms with van der Waals surface area (Å²) in [5.41, 5.74) is 0. The van der Waals surface area contributed by atoms with Gasteiger partial charge in [0, 0.05) is 5.02 Å². The quantitative estimate of drug-likeness (QED) is 0.832. The summed E-state index contributed by atoms with van der Waals surface area (Å²) in [4.78, 5) is 22.3. The van der Waals surface area contributed by atoms with Crippen molar-refractivity contribution in [1.82, 2.24) is 10.6 Å². The topological polar surface area (TPSA) is 67.4 Å². The van der Waals surface area contributed by atoms with Gasteiger partial charge in [-0.2, -0.15) is 13.2 Å². The number of nitrogens with one attached hydrogen (secondary N) is 2. The van der Waals surface area contributed by atoms with Crippen molar-refractivity contribution < 1.29 is 27.5 Å². The monoisotopic (exact) mass is 388 g/mol. The molecule has 0 aromatic heterocycles. The molecule has 0 bridgehead atoms. The van der Waals surface area contributed by atoms with Gasteiger partial charge in [0.1, 0.15) is 12.3 Å². The molecular weight excluding hydrogens is 380 g/mol. The number of benzene rings is 1. The van der Waals surface area contributed by atoms with Gasteiger partial charge in [-0.3, -0.25) is 10.1 Å². The molecule has 0 unspecified atom stereocenters. The summed E-state index contributed by atoms with van der Waals surface area (Å²) in [6, 6.07) is 3.29. The molecule has 0 fully saturated rings. The van der Waals surface area contributed by atoms with E-state index in [2.05, 4.69) is 15.9 Å². The molecule has 3 amide bonds. The third kappa shape index (κ3) is 7.19. The second kappa shape index (κ2) is 7.51. The molecule has 0 aliphatic carbocycles. The first kappa shape index (κ1) is 17.6. The van der Waals surface area contributed by atoms with E-state index < -0.39 is 31.3 Å². The van der Waals surface area contributed by atoms with Crippen molar-refractivity contribution in [2.45, 2.75) is 6.18 Å². The lowest BCUT2D eigenvalue weighted by Gasteiger charge is -2.10. The Bertz CT molecular complexity index is 540. The van der Waals surface area contributed by atoms with Gasteiger partial charge < -0.3 is 10.1 Å². The number of halogens is 5. The molecule has 0 heterocycles. The van der Waals surface area contributed by atoms with Gasteiger partial charge >= 0.3 is 12.2 Å². The molecule has 0 spiro atoms. The molecule has 0 aliphatic heterocycles. The van der Waals surface area contributed by atoms with Crippen molar-refractivity contribution in [1.29, 1.82) is 0 Å². The Kier molecular flexibility index (Phi) is 6.28. The van der Waals surface area contributed by atoms with Crippen molar-refractivity contribution in [3.63, 3.8) is 0 Å². The first-order chi connectivity index (χ1) is 9.67. The van der Waals surface area contributed by atoms with E-state index in [1.807, 2.05) is 0 Å². The van der Waals surface area contributed by atoms with Gasteiger partial charge in [-0.15, -0.1) is 0 Å². The largest absolute Gasteiger partial charge is 0.483 e. The van der Waals surface area contributed by atoms with Crippen molar-refractivity contribution >= 4 is 39.5 Å². The lowest BCUT2D eigenvalue weighted by atomic mass is 10.3. The number of ether oxygens (including phenoxy) is 1. The van der Waals surface area contributed by atoms with E-state index in [9.17, 15) is 22.8 Å². The van der Waals surface area contributed by atoms with E-state index in [1.165, 1.54) is 23.5 Å². The predicted molar refractivity (Wildman–Crippen MR) is 72.2 cm³/mol. The summed E-state index contributed by atoms with van der Waals surface area (Å²) >= 11 is 8.86. The van der Waals surface area contributed by atoms with Crippen LogP contribution in [0.1, 0.15) is 0 Å². The molecule has 21 heavy (non-hydrogen) atoms. The molecule has 0 aliphatic rings. The number of hydrogen-bond acceptors (Lipinski definition) is 3. The average molecular weight is 390 g/mol. The normalized spacial score (nSPS) is 10.9. The lowest BCUT2D eigenvalue weighted by Crippen LogP contribution is -2.44. The van der Waals surface area contributed by atoms with E-state index >= 15 is 0 Å². The van der Waals surface area contributed by atoms with Gasteiger partial charge in [0.2, 0.25) is 0 Å². The zero-order valence-corrected chi connectivity index (χ0v) is 12.6. The molecule has 0 atom stereocenters. The molecule has 1 aromatic carbocycles. The molecule has 0 saturated carbocycles. The second-order valence-electron chi connectivity index (χ2n) is 3.71. The predicted octanol–water partition coefficient (Wildman–Crippen LogP) is 2.87. The van der Waals surface area contributed by atoms with E-state index in [-0.39, 0.29) is 0 Å². The van der Waals surface area contributed by atoms with Crippen LogP contribution in [0.2, 0.25) is 5.02 Å². The van der Waals surface area contributed by atoms with Crippen molar-refractivity contribution in [2.75, 3.05) is 13.2 Å². The maximum atomic E-state index is 11.8. The summed E-state index contributed by atoms with van der Waals surface area (Å²) in [5, 5.41) is 3.64. The standard InChI is InChI=1S/C11H9BrClF3N2O3/c12-7-3-6(13)1-2-8(7)21-4-9(19)18-10(20)17-5-11(14,15)16/h1-3H,4-5H2,(H2,17,18,19,20). The number of urea groups is 1. The summed E-state index contributed by atoms with van der Waals surface area (Å²) in [5.74, 6) is -0.596. The minimum Gasteiger partial charge on any atom is -0.483 e. The van der Waals surface area contributed by atoms with Gasteiger partial charge in [0.05, 0.1) is 4.47 Å². The third-order valence-corrected chi connectivity index (χ3v) is 2.81. The van der Waals surface area contributed by atoms with Gasteiger partial charge in [0.25, 0.3) is 5.91 Å². The number of carbonyl (C=O) groups is 2.